The molecule has 0 spiro atoms. The second-order valence-electron chi connectivity index (χ2n) is 8.46. The maximum Gasteiger partial charge on any atom is 0.251 e. The Morgan fingerprint density at radius 2 is 1.78 bits per heavy atom. The van der Waals surface area contributed by atoms with Gasteiger partial charge in [0.1, 0.15) is 11.3 Å². The maximum absolute atomic E-state index is 12.9. The number of hydrogen-bond acceptors (Lipinski definition) is 8. The summed E-state index contributed by atoms with van der Waals surface area (Å²) < 4.78 is 28.0. The average Bonchev–Trinajstić information content (AvgIpc) is 3.53. The molecule has 2 aromatic heterocycles. The van der Waals surface area contributed by atoms with Crippen LogP contribution in [0.2, 0.25) is 0 Å². The molecule has 186 valence electrons. The molecule has 2 unspecified atom stereocenters. The van der Waals surface area contributed by atoms with Crippen molar-refractivity contribution in [3.63, 3.8) is 0 Å². The summed E-state index contributed by atoms with van der Waals surface area (Å²) in [5.41, 5.74) is 10.2. The largest absolute Gasteiger partial charge is 0.493 e. The molecule has 5 rings (SSSR count). The zero-order valence-electron chi connectivity index (χ0n) is 20.2. The minimum atomic E-state index is -0.214. The van der Waals surface area contributed by atoms with Crippen LogP contribution in [-0.2, 0) is 4.74 Å². The molecule has 0 saturated carbocycles. The third kappa shape index (κ3) is 4.34. The molecule has 3 heterocycles. The number of fused-ring (bicyclic) bond motifs is 1. The number of nitrogens with zero attached hydrogens (tertiary/aromatic N) is 1. The normalized spacial score (nSPS) is 17.2. The Balaban J connectivity index is 1.51. The Bertz CT molecular complexity index is 1390. The van der Waals surface area contributed by atoms with E-state index in [1.807, 2.05) is 42.5 Å². The van der Waals surface area contributed by atoms with Gasteiger partial charge in [0.15, 0.2) is 17.1 Å². The highest BCUT2D eigenvalue weighted by atomic mass is 16.5. The number of carbonyl (C=O) groups excluding carboxylic acids is 1. The summed E-state index contributed by atoms with van der Waals surface area (Å²) in [4.78, 5) is 17.3. The van der Waals surface area contributed by atoms with Crippen molar-refractivity contribution in [1.29, 1.82) is 0 Å². The molecular weight excluding hydrogens is 462 g/mol. The van der Waals surface area contributed by atoms with Gasteiger partial charge < -0.3 is 34.4 Å². The van der Waals surface area contributed by atoms with Crippen LogP contribution in [0.5, 0.6) is 17.2 Å². The SMILES string of the molecule is COc1cc(-c2cc3nccc(-c4cccc(C(=O)NC5COCC5N)c4)c3o2)cc(OC)c1OC. The van der Waals surface area contributed by atoms with Crippen LogP contribution in [0.3, 0.4) is 0 Å². The molecule has 2 aromatic carbocycles. The standard InChI is InChI=1S/C27H27N3O6/c1-32-23-10-17(11-24(33-2)26(23)34-3)22-12-20-25(36-22)18(7-8-29-20)15-5-4-6-16(9-15)27(31)30-21-14-35-13-19(21)28/h4-12,19,21H,13-14,28H2,1-3H3,(H,30,31). The number of nitrogens with one attached hydrogen (secondary N) is 1. The van der Waals surface area contributed by atoms with Crippen LogP contribution in [0.1, 0.15) is 10.4 Å². The van der Waals surface area contributed by atoms with Crippen molar-refractivity contribution >= 4 is 17.0 Å². The number of rotatable bonds is 7. The number of pyridine rings is 1. The topological polar surface area (TPSA) is 118 Å². The number of aromatic nitrogens is 1. The molecule has 1 saturated heterocycles. The van der Waals surface area contributed by atoms with Gasteiger partial charge in [-0.15, -0.1) is 0 Å². The van der Waals surface area contributed by atoms with Crippen molar-refractivity contribution in [2.75, 3.05) is 34.5 Å². The summed E-state index contributed by atoms with van der Waals surface area (Å²) in [5.74, 6) is 1.93. The van der Waals surface area contributed by atoms with E-state index in [9.17, 15) is 4.79 Å². The predicted molar refractivity (Wildman–Crippen MR) is 135 cm³/mol. The molecule has 3 N–H and O–H groups in total. The summed E-state index contributed by atoms with van der Waals surface area (Å²) in [5, 5.41) is 2.96. The van der Waals surface area contributed by atoms with Crippen molar-refractivity contribution in [3.8, 4) is 39.7 Å². The van der Waals surface area contributed by atoms with E-state index in [2.05, 4.69) is 10.3 Å². The van der Waals surface area contributed by atoms with Gasteiger partial charge in [-0.3, -0.25) is 9.78 Å². The highest BCUT2D eigenvalue weighted by Gasteiger charge is 2.27. The molecule has 0 aliphatic carbocycles. The number of hydrogen-bond donors (Lipinski definition) is 2. The second kappa shape index (κ2) is 9.88. The van der Waals surface area contributed by atoms with Gasteiger partial charge in [-0.2, -0.15) is 0 Å². The number of carbonyl (C=O) groups is 1. The maximum atomic E-state index is 12.9. The molecule has 1 fully saturated rings. The first-order valence-electron chi connectivity index (χ1n) is 11.5. The molecule has 1 amide bonds. The molecule has 1 aliphatic heterocycles. The Labute approximate surface area is 208 Å². The predicted octanol–water partition coefficient (Wildman–Crippen LogP) is 3.64. The van der Waals surface area contributed by atoms with Crippen LogP contribution in [0, 0.1) is 0 Å². The Morgan fingerprint density at radius 1 is 1.00 bits per heavy atom. The van der Waals surface area contributed by atoms with Crippen molar-refractivity contribution < 1.29 is 28.2 Å². The minimum Gasteiger partial charge on any atom is -0.493 e. The van der Waals surface area contributed by atoms with Crippen LogP contribution in [0.15, 0.2) is 59.1 Å². The second-order valence-corrected chi connectivity index (χ2v) is 8.46. The van der Waals surface area contributed by atoms with E-state index in [1.165, 1.54) is 0 Å². The highest BCUT2D eigenvalue weighted by molar-refractivity contribution is 5.98. The van der Waals surface area contributed by atoms with E-state index in [4.69, 9.17) is 29.1 Å². The first-order valence-corrected chi connectivity index (χ1v) is 11.5. The monoisotopic (exact) mass is 489 g/mol. The zero-order valence-corrected chi connectivity index (χ0v) is 20.2. The van der Waals surface area contributed by atoms with E-state index in [1.54, 1.807) is 33.6 Å². The summed E-state index contributed by atoms with van der Waals surface area (Å²) in [7, 11) is 4.69. The van der Waals surface area contributed by atoms with Crippen molar-refractivity contribution in [2.45, 2.75) is 12.1 Å². The average molecular weight is 490 g/mol. The molecule has 4 aromatic rings. The Kier molecular flexibility index (Phi) is 6.49. The molecule has 0 radical (unpaired) electrons. The van der Waals surface area contributed by atoms with Crippen molar-refractivity contribution in [2.24, 2.45) is 5.73 Å². The summed E-state index contributed by atoms with van der Waals surface area (Å²) in [6.07, 6.45) is 1.72. The van der Waals surface area contributed by atoms with Gasteiger partial charge in [-0.25, -0.2) is 0 Å². The third-order valence-corrected chi connectivity index (χ3v) is 6.24. The quantitative estimate of drug-likeness (QED) is 0.404. The third-order valence-electron chi connectivity index (χ3n) is 6.24. The van der Waals surface area contributed by atoms with E-state index in [0.717, 1.165) is 16.7 Å². The van der Waals surface area contributed by atoms with Gasteiger partial charge in [0.05, 0.1) is 46.6 Å². The molecule has 1 aliphatic rings. The summed E-state index contributed by atoms with van der Waals surface area (Å²) in [6.45, 7) is 0.848. The van der Waals surface area contributed by atoms with Gasteiger partial charge in [-0.1, -0.05) is 12.1 Å². The molecule has 36 heavy (non-hydrogen) atoms. The van der Waals surface area contributed by atoms with Crippen molar-refractivity contribution in [3.05, 3.63) is 60.3 Å². The van der Waals surface area contributed by atoms with Crippen LogP contribution < -0.4 is 25.3 Å². The lowest BCUT2D eigenvalue weighted by molar-refractivity contribution is 0.0928. The molecule has 2 atom stereocenters. The van der Waals surface area contributed by atoms with E-state index >= 15 is 0 Å². The number of ether oxygens (including phenoxy) is 4. The first-order chi connectivity index (χ1) is 17.5. The lowest BCUT2D eigenvalue weighted by Gasteiger charge is -2.15. The molecule has 0 bridgehead atoms. The number of methoxy groups -OCH3 is 3. The van der Waals surface area contributed by atoms with Crippen LogP contribution in [-0.4, -0.2) is 57.5 Å². The van der Waals surface area contributed by atoms with Crippen LogP contribution >= 0.6 is 0 Å². The molecule has 9 heteroatoms. The van der Waals surface area contributed by atoms with E-state index in [0.29, 0.717) is 52.9 Å². The Morgan fingerprint density at radius 3 is 2.44 bits per heavy atom. The lowest BCUT2D eigenvalue weighted by atomic mass is 10.0. The number of amides is 1. The first kappa shape index (κ1) is 23.7. The number of benzene rings is 2. The fourth-order valence-electron chi connectivity index (χ4n) is 4.33. The zero-order chi connectivity index (χ0) is 25.2. The fraction of sp³-hybridized carbons (Fsp3) is 0.259. The molecule has 9 nitrogen and oxygen atoms in total. The molecular formula is C27H27N3O6. The number of furan rings is 1. The summed E-state index contributed by atoms with van der Waals surface area (Å²) in [6, 6.07) is 14.3. The van der Waals surface area contributed by atoms with Gasteiger partial charge in [-0.05, 0) is 35.9 Å². The van der Waals surface area contributed by atoms with Crippen LogP contribution in [0.4, 0.5) is 0 Å². The van der Waals surface area contributed by atoms with E-state index in [-0.39, 0.29) is 18.0 Å². The minimum absolute atomic E-state index is 0.203. The van der Waals surface area contributed by atoms with E-state index < -0.39 is 0 Å². The van der Waals surface area contributed by atoms with Crippen molar-refractivity contribution in [1.82, 2.24) is 10.3 Å². The lowest BCUT2D eigenvalue weighted by Crippen LogP contribution is -2.46. The number of nitrogens with two attached hydrogens (primary N) is 1. The van der Waals surface area contributed by atoms with Gasteiger partial charge in [0.25, 0.3) is 5.91 Å². The van der Waals surface area contributed by atoms with Gasteiger partial charge >= 0.3 is 0 Å². The summed E-state index contributed by atoms with van der Waals surface area (Å²) >= 11 is 0. The Hall–Kier alpha value is -4.08. The highest BCUT2D eigenvalue weighted by Crippen LogP contribution is 2.42. The smallest absolute Gasteiger partial charge is 0.251 e. The fourth-order valence-corrected chi connectivity index (χ4v) is 4.33. The van der Waals surface area contributed by atoms with Crippen LogP contribution in [0.25, 0.3) is 33.6 Å². The van der Waals surface area contributed by atoms with Gasteiger partial charge in [0.2, 0.25) is 5.75 Å². The van der Waals surface area contributed by atoms with Gasteiger partial charge in [0, 0.05) is 29.0 Å².